The highest BCUT2D eigenvalue weighted by Crippen LogP contribution is 2.17. The number of nitrogens with zero attached hydrogens (tertiary/aromatic N) is 2. The molecule has 0 aromatic carbocycles. The summed E-state index contributed by atoms with van der Waals surface area (Å²) < 4.78 is 5.05. The van der Waals surface area contributed by atoms with Gasteiger partial charge in [-0.1, -0.05) is 0 Å². The van der Waals surface area contributed by atoms with E-state index in [4.69, 9.17) is 10.5 Å². The van der Waals surface area contributed by atoms with Gasteiger partial charge in [-0.2, -0.15) is 4.98 Å². The molecular formula is C9H15N3O. The monoisotopic (exact) mass is 181 g/mol. The van der Waals surface area contributed by atoms with E-state index >= 15 is 0 Å². The first kappa shape index (κ1) is 9.80. The first-order valence-corrected chi connectivity index (χ1v) is 4.09. The van der Waals surface area contributed by atoms with Gasteiger partial charge in [0, 0.05) is 26.7 Å². The highest BCUT2D eigenvalue weighted by Gasteiger charge is 2.02. The number of pyridine rings is 1. The molecule has 0 aliphatic rings. The second-order valence-corrected chi connectivity index (χ2v) is 2.97. The van der Waals surface area contributed by atoms with Crippen LogP contribution < -0.4 is 15.4 Å². The number of methoxy groups -OCH3 is 1. The lowest BCUT2D eigenvalue weighted by Gasteiger charge is -2.13. The molecule has 0 saturated heterocycles. The quantitative estimate of drug-likeness (QED) is 0.742. The van der Waals surface area contributed by atoms with Crippen molar-refractivity contribution in [1.29, 1.82) is 0 Å². The molecule has 0 aliphatic heterocycles. The molecule has 0 fully saturated rings. The summed E-state index contributed by atoms with van der Waals surface area (Å²) in [5.41, 5.74) is 6.56. The number of hydrogen-bond donors (Lipinski definition) is 1. The normalized spacial score (nSPS) is 9.85. The molecule has 0 radical (unpaired) electrons. The van der Waals surface area contributed by atoms with Gasteiger partial charge >= 0.3 is 0 Å². The molecule has 72 valence electrons. The van der Waals surface area contributed by atoms with E-state index in [9.17, 15) is 0 Å². The Morgan fingerprint density at radius 3 is 2.62 bits per heavy atom. The predicted octanol–water partition coefficient (Wildman–Crippen LogP) is 0.615. The van der Waals surface area contributed by atoms with Crippen molar-refractivity contribution in [2.45, 2.75) is 6.54 Å². The minimum Gasteiger partial charge on any atom is -0.481 e. The first-order chi connectivity index (χ1) is 6.17. The van der Waals surface area contributed by atoms with Crippen molar-refractivity contribution in [3.63, 3.8) is 0 Å². The summed E-state index contributed by atoms with van der Waals surface area (Å²) in [5, 5.41) is 0. The lowest BCUT2D eigenvalue weighted by molar-refractivity contribution is 0.397. The number of nitrogens with two attached hydrogens (primary N) is 1. The topological polar surface area (TPSA) is 51.4 Å². The summed E-state index contributed by atoms with van der Waals surface area (Å²) in [7, 11) is 5.46. The number of rotatable bonds is 3. The molecule has 4 nitrogen and oxygen atoms in total. The summed E-state index contributed by atoms with van der Waals surface area (Å²) in [6.45, 7) is 0.500. The molecule has 0 saturated carbocycles. The minimum absolute atomic E-state index is 0.500. The molecule has 1 heterocycles. The van der Waals surface area contributed by atoms with Crippen molar-refractivity contribution in [2.75, 3.05) is 26.1 Å². The lowest BCUT2D eigenvalue weighted by atomic mass is 10.2. The Kier molecular flexibility index (Phi) is 3.08. The third kappa shape index (κ3) is 2.32. The Balaban J connectivity index is 3.07. The summed E-state index contributed by atoms with van der Waals surface area (Å²) in [4.78, 5) is 6.17. The third-order valence-electron chi connectivity index (χ3n) is 1.75. The van der Waals surface area contributed by atoms with Crippen molar-refractivity contribution in [2.24, 2.45) is 5.73 Å². The van der Waals surface area contributed by atoms with Crippen LogP contribution in [0.1, 0.15) is 5.56 Å². The van der Waals surface area contributed by atoms with E-state index in [0.717, 1.165) is 11.4 Å². The van der Waals surface area contributed by atoms with Crippen LogP contribution in [-0.4, -0.2) is 26.2 Å². The number of ether oxygens (including phenoxy) is 1. The molecule has 1 rings (SSSR count). The van der Waals surface area contributed by atoms with E-state index in [1.807, 2.05) is 31.1 Å². The predicted molar refractivity (Wildman–Crippen MR) is 53.0 cm³/mol. The number of hydrogen-bond acceptors (Lipinski definition) is 4. The maximum Gasteiger partial charge on any atom is 0.215 e. The SMILES string of the molecule is COc1cc(CN)cc(N(C)C)n1. The summed E-state index contributed by atoms with van der Waals surface area (Å²) >= 11 is 0. The van der Waals surface area contributed by atoms with Gasteiger partial charge < -0.3 is 15.4 Å². The molecule has 0 unspecified atom stereocenters. The highest BCUT2D eigenvalue weighted by molar-refractivity contribution is 5.42. The molecule has 2 N–H and O–H groups in total. The Morgan fingerprint density at radius 2 is 2.15 bits per heavy atom. The van der Waals surface area contributed by atoms with Gasteiger partial charge in [0.25, 0.3) is 0 Å². The smallest absolute Gasteiger partial charge is 0.215 e. The van der Waals surface area contributed by atoms with Crippen LogP contribution in [0.3, 0.4) is 0 Å². The molecule has 0 amide bonds. The first-order valence-electron chi connectivity index (χ1n) is 4.09. The van der Waals surface area contributed by atoms with Crippen LogP contribution in [0.2, 0.25) is 0 Å². The van der Waals surface area contributed by atoms with Crippen molar-refractivity contribution < 1.29 is 4.74 Å². The largest absolute Gasteiger partial charge is 0.481 e. The van der Waals surface area contributed by atoms with Gasteiger partial charge in [0.15, 0.2) is 0 Å². The van der Waals surface area contributed by atoms with Crippen molar-refractivity contribution in [3.8, 4) is 5.88 Å². The van der Waals surface area contributed by atoms with Crippen molar-refractivity contribution in [3.05, 3.63) is 17.7 Å². The molecule has 0 bridgehead atoms. The van der Waals surface area contributed by atoms with Crippen LogP contribution >= 0.6 is 0 Å². The third-order valence-corrected chi connectivity index (χ3v) is 1.75. The maximum atomic E-state index is 5.54. The van der Waals surface area contributed by atoms with Crippen LogP contribution in [0, 0.1) is 0 Å². The van der Waals surface area contributed by atoms with Crippen molar-refractivity contribution >= 4 is 5.82 Å². The minimum atomic E-state index is 0.500. The van der Waals surface area contributed by atoms with Gasteiger partial charge in [0.05, 0.1) is 7.11 Å². The van der Waals surface area contributed by atoms with E-state index in [-0.39, 0.29) is 0 Å². The van der Waals surface area contributed by atoms with E-state index < -0.39 is 0 Å². The fourth-order valence-electron chi connectivity index (χ4n) is 0.995. The Labute approximate surface area is 78.3 Å². The van der Waals surface area contributed by atoms with Crippen LogP contribution in [0.25, 0.3) is 0 Å². The Morgan fingerprint density at radius 1 is 1.46 bits per heavy atom. The zero-order valence-corrected chi connectivity index (χ0v) is 8.24. The zero-order chi connectivity index (χ0) is 9.84. The van der Waals surface area contributed by atoms with Gasteiger partial charge in [-0.25, -0.2) is 0 Å². The van der Waals surface area contributed by atoms with Gasteiger partial charge in [0.2, 0.25) is 5.88 Å². The fraction of sp³-hybridized carbons (Fsp3) is 0.444. The maximum absolute atomic E-state index is 5.54. The molecule has 1 aromatic rings. The molecule has 13 heavy (non-hydrogen) atoms. The second kappa shape index (κ2) is 4.09. The fourth-order valence-corrected chi connectivity index (χ4v) is 0.995. The summed E-state index contributed by atoms with van der Waals surface area (Å²) in [6, 6.07) is 3.79. The van der Waals surface area contributed by atoms with Gasteiger partial charge in [-0.3, -0.25) is 0 Å². The van der Waals surface area contributed by atoms with Crippen LogP contribution in [0.15, 0.2) is 12.1 Å². The highest BCUT2D eigenvalue weighted by atomic mass is 16.5. The standard InChI is InChI=1S/C9H15N3O/c1-12(2)8-4-7(6-10)5-9(11-8)13-3/h4-5H,6,10H2,1-3H3. The molecule has 0 atom stereocenters. The number of aromatic nitrogens is 1. The molecular weight excluding hydrogens is 166 g/mol. The molecule has 0 spiro atoms. The van der Waals surface area contributed by atoms with Crippen LogP contribution in [-0.2, 0) is 6.54 Å². The van der Waals surface area contributed by atoms with E-state index in [0.29, 0.717) is 12.4 Å². The summed E-state index contributed by atoms with van der Waals surface area (Å²) in [5.74, 6) is 1.46. The molecule has 0 aliphatic carbocycles. The molecule has 1 aromatic heterocycles. The Bertz CT molecular complexity index is 264. The lowest BCUT2D eigenvalue weighted by Crippen LogP contribution is -2.12. The second-order valence-electron chi connectivity index (χ2n) is 2.97. The van der Waals surface area contributed by atoms with Crippen LogP contribution in [0.4, 0.5) is 5.82 Å². The van der Waals surface area contributed by atoms with Crippen LogP contribution in [0.5, 0.6) is 5.88 Å². The van der Waals surface area contributed by atoms with E-state index in [1.165, 1.54) is 0 Å². The van der Waals surface area contributed by atoms with E-state index in [2.05, 4.69) is 4.98 Å². The average Bonchev–Trinajstić information content (AvgIpc) is 2.16. The number of anilines is 1. The summed E-state index contributed by atoms with van der Waals surface area (Å²) in [6.07, 6.45) is 0. The van der Waals surface area contributed by atoms with Gasteiger partial charge in [-0.05, 0) is 11.6 Å². The molecule has 4 heteroatoms. The van der Waals surface area contributed by atoms with Crippen molar-refractivity contribution in [1.82, 2.24) is 4.98 Å². The Hall–Kier alpha value is -1.29. The van der Waals surface area contributed by atoms with Gasteiger partial charge in [0.1, 0.15) is 5.82 Å². The van der Waals surface area contributed by atoms with E-state index in [1.54, 1.807) is 7.11 Å². The average molecular weight is 181 g/mol. The van der Waals surface area contributed by atoms with Gasteiger partial charge in [-0.15, -0.1) is 0 Å². The zero-order valence-electron chi connectivity index (χ0n) is 8.24.